The second-order valence-electron chi connectivity index (χ2n) is 2.87. The smallest absolute Gasteiger partial charge is 0.162 e. The van der Waals surface area contributed by atoms with Crippen LogP contribution in [0.3, 0.4) is 0 Å². The number of hydrogen-bond donors (Lipinski definition) is 2. The van der Waals surface area contributed by atoms with E-state index in [-0.39, 0.29) is 12.4 Å². The number of benzene rings is 1. The molecule has 1 rings (SSSR count). The maximum atomic E-state index is 11.4. The van der Waals surface area contributed by atoms with Crippen molar-refractivity contribution >= 4 is 11.5 Å². The number of aliphatic hydroxyl groups is 1. The Labute approximate surface area is 77.2 Å². The van der Waals surface area contributed by atoms with Crippen LogP contribution >= 0.6 is 0 Å². The van der Waals surface area contributed by atoms with Crippen LogP contribution in [0, 0.1) is 0 Å². The zero-order chi connectivity index (χ0) is 9.68. The highest BCUT2D eigenvalue weighted by atomic mass is 16.3. The van der Waals surface area contributed by atoms with Crippen LogP contribution < -0.4 is 5.73 Å². The fourth-order valence-corrected chi connectivity index (χ4v) is 1.05. The molecule has 3 nitrogen and oxygen atoms in total. The van der Waals surface area contributed by atoms with E-state index in [1.165, 1.54) is 0 Å². The van der Waals surface area contributed by atoms with Crippen molar-refractivity contribution in [3.63, 3.8) is 0 Å². The van der Waals surface area contributed by atoms with Gasteiger partial charge in [0.25, 0.3) is 0 Å². The first-order valence-corrected chi connectivity index (χ1v) is 4.23. The number of hydrogen-bond acceptors (Lipinski definition) is 3. The number of carbonyl (C=O) groups is 1. The van der Waals surface area contributed by atoms with Crippen LogP contribution in [0.5, 0.6) is 0 Å². The summed E-state index contributed by atoms with van der Waals surface area (Å²) in [7, 11) is 0. The molecule has 0 aliphatic heterocycles. The van der Waals surface area contributed by atoms with Crippen LogP contribution in [0.1, 0.15) is 23.2 Å². The summed E-state index contributed by atoms with van der Waals surface area (Å²) in [5.41, 5.74) is 6.78. The minimum Gasteiger partial charge on any atom is -0.399 e. The summed E-state index contributed by atoms with van der Waals surface area (Å²) in [5, 5.41) is 8.53. The number of carbonyl (C=O) groups excluding carboxylic acids is 1. The summed E-state index contributed by atoms with van der Waals surface area (Å²) in [5.74, 6) is 0.0500. The number of Topliss-reactive ketones (excluding diaryl/α,β-unsaturated/α-hetero) is 1. The molecule has 0 fully saturated rings. The van der Waals surface area contributed by atoms with Gasteiger partial charge in [-0.2, -0.15) is 0 Å². The quantitative estimate of drug-likeness (QED) is 0.539. The largest absolute Gasteiger partial charge is 0.399 e. The first kappa shape index (κ1) is 9.74. The summed E-state index contributed by atoms with van der Waals surface area (Å²) < 4.78 is 0. The van der Waals surface area contributed by atoms with Gasteiger partial charge in [0.1, 0.15) is 0 Å². The average Bonchev–Trinajstić information content (AvgIpc) is 2.15. The Morgan fingerprint density at radius 1 is 1.31 bits per heavy atom. The molecule has 0 radical (unpaired) electrons. The zero-order valence-corrected chi connectivity index (χ0v) is 7.36. The minimum absolute atomic E-state index is 0.0500. The molecule has 0 saturated carbocycles. The highest BCUT2D eigenvalue weighted by Gasteiger charge is 2.03. The molecular formula is C10H13NO2. The van der Waals surface area contributed by atoms with Crippen LogP contribution in [0.4, 0.5) is 5.69 Å². The Morgan fingerprint density at radius 2 is 1.92 bits per heavy atom. The van der Waals surface area contributed by atoms with Crippen molar-refractivity contribution in [2.45, 2.75) is 12.8 Å². The third-order valence-corrected chi connectivity index (χ3v) is 1.79. The van der Waals surface area contributed by atoms with Gasteiger partial charge in [0, 0.05) is 24.3 Å². The monoisotopic (exact) mass is 179 g/mol. The van der Waals surface area contributed by atoms with E-state index in [2.05, 4.69) is 0 Å². The van der Waals surface area contributed by atoms with Gasteiger partial charge in [0.15, 0.2) is 5.78 Å². The van der Waals surface area contributed by atoms with E-state index in [4.69, 9.17) is 10.8 Å². The van der Waals surface area contributed by atoms with Crippen molar-refractivity contribution in [1.29, 1.82) is 0 Å². The maximum Gasteiger partial charge on any atom is 0.162 e. The van der Waals surface area contributed by atoms with E-state index in [9.17, 15) is 4.79 Å². The molecule has 0 unspecified atom stereocenters. The maximum absolute atomic E-state index is 11.4. The van der Waals surface area contributed by atoms with Crippen LogP contribution in [0.15, 0.2) is 24.3 Å². The molecule has 0 aromatic heterocycles. The summed E-state index contributed by atoms with van der Waals surface area (Å²) >= 11 is 0. The van der Waals surface area contributed by atoms with Gasteiger partial charge in [0.05, 0.1) is 0 Å². The topological polar surface area (TPSA) is 63.3 Å². The number of rotatable bonds is 4. The highest BCUT2D eigenvalue weighted by Crippen LogP contribution is 2.08. The SMILES string of the molecule is Nc1ccc(C(=O)CCCO)cc1. The lowest BCUT2D eigenvalue weighted by molar-refractivity contribution is 0.0971. The molecule has 0 atom stereocenters. The third kappa shape index (κ3) is 2.87. The van der Waals surface area contributed by atoms with E-state index in [1.807, 2.05) is 0 Å². The van der Waals surface area contributed by atoms with Crippen molar-refractivity contribution in [2.75, 3.05) is 12.3 Å². The van der Waals surface area contributed by atoms with Crippen molar-refractivity contribution in [3.8, 4) is 0 Å². The summed E-state index contributed by atoms with van der Waals surface area (Å²) in [4.78, 5) is 11.4. The van der Waals surface area contributed by atoms with E-state index < -0.39 is 0 Å². The second-order valence-corrected chi connectivity index (χ2v) is 2.87. The lowest BCUT2D eigenvalue weighted by Gasteiger charge is -1.99. The molecule has 3 N–H and O–H groups in total. The zero-order valence-electron chi connectivity index (χ0n) is 7.36. The molecular weight excluding hydrogens is 166 g/mol. The van der Waals surface area contributed by atoms with Gasteiger partial charge < -0.3 is 10.8 Å². The van der Waals surface area contributed by atoms with Crippen LogP contribution in [-0.2, 0) is 0 Å². The lowest BCUT2D eigenvalue weighted by Crippen LogP contribution is -2.00. The summed E-state index contributed by atoms with van der Waals surface area (Å²) in [6, 6.07) is 6.81. The van der Waals surface area contributed by atoms with Gasteiger partial charge >= 0.3 is 0 Å². The van der Waals surface area contributed by atoms with Gasteiger partial charge in [-0.05, 0) is 30.7 Å². The minimum atomic E-state index is 0.0500. The van der Waals surface area contributed by atoms with E-state index in [0.717, 1.165) is 0 Å². The highest BCUT2D eigenvalue weighted by molar-refractivity contribution is 5.96. The molecule has 70 valence electrons. The second kappa shape index (κ2) is 4.62. The van der Waals surface area contributed by atoms with Gasteiger partial charge in [0.2, 0.25) is 0 Å². The van der Waals surface area contributed by atoms with E-state index in [0.29, 0.717) is 24.1 Å². The predicted molar refractivity (Wildman–Crippen MR) is 51.5 cm³/mol. The Hall–Kier alpha value is -1.35. The molecule has 0 spiro atoms. The Kier molecular flexibility index (Phi) is 3.46. The molecule has 1 aromatic carbocycles. The Balaban J connectivity index is 2.61. The fraction of sp³-hybridized carbons (Fsp3) is 0.300. The Morgan fingerprint density at radius 3 is 2.46 bits per heavy atom. The molecule has 3 heteroatoms. The molecule has 0 saturated heterocycles. The van der Waals surface area contributed by atoms with Gasteiger partial charge in [-0.25, -0.2) is 0 Å². The summed E-state index contributed by atoms with van der Waals surface area (Å²) in [6.45, 7) is 0.0563. The van der Waals surface area contributed by atoms with Crippen LogP contribution in [-0.4, -0.2) is 17.5 Å². The van der Waals surface area contributed by atoms with Crippen molar-refractivity contribution in [3.05, 3.63) is 29.8 Å². The van der Waals surface area contributed by atoms with Crippen LogP contribution in [0.25, 0.3) is 0 Å². The summed E-state index contributed by atoms with van der Waals surface area (Å²) in [6.07, 6.45) is 0.906. The predicted octanol–water partition coefficient (Wildman–Crippen LogP) is 1.22. The lowest BCUT2D eigenvalue weighted by atomic mass is 10.1. The fourth-order valence-electron chi connectivity index (χ4n) is 1.05. The molecule has 0 bridgehead atoms. The van der Waals surface area contributed by atoms with E-state index in [1.54, 1.807) is 24.3 Å². The van der Waals surface area contributed by atoms with Gasteiger partial charge in [-0.15, -0.1) is 0 Å². The number of aliphatic hydroxyl groups excluding tert-OH is 1. The van der Waals surface area contributed by atoms with Gasteiger partial charge in [-0.1, -0.05) is 0 Å². The molecule has 0 heterocycles. The molecule has 0 aliphatic carbocycles. The molecule has 13 heavy (non-hydrogen) atoms. The number of anilines is 1. The molecule has 1 aromatic rings. The van der Waals surface area contributed by atoms with Crippen molar-refractivity contribution in [1.82, 2.24) is 0 Å². The Bertz CT molecular complexity index is 279. The first-order chi connectivity index (χ1) is 6.24. The number of ketones is 1. The normalized spacial score (nSPS) is 9.92. The average molecular weight is 179 g/mol. The standard InChI is InChI=1S/C10H13NO2/c11-9-5-3-8(4-6-9)10(13)2-1-7-12/h3-6,12H,1-2,7,11H2. The van der Waals surface area contributed by atoms with Crippen LogP contribution in [0.2, 0.25) is 0 Å². The van der Waals surface area contributed by atoms with Gasteiger partial charge in [-0.3, -0.25) is 4.79 Å². The molecule has 0 aliphatic rings. The number of nitrogens with two attached hydrogens (primary N) is 1. The van der Waals surface area contributed by atoms with E-state index >= 15 is 0 Å². The van der Waals surface area contributed by atoms with Crippen molar-refractivity contribution in [2.24, 2.45) is 0 Å². The molecule has 0 amide bonds. The third-order valence-electron chi connectivity index (χ3n) is 1.79. The first-order valence-electron chi connectivity index (χ1n) is 4.23. The van der Waals surface area contributed by atoms with Crippen molar-refractivity contribution < 1.29 is 9.90 Å². The number of nitrogen functional groups attached to an aromatic ring is 1.